The lowest BCUT2D eigenvalue weighted by Crippen LogP contribution is -2.36. The van der Waals surface area contributed by atoms with Crippen molar-refractivity contribution in [2.24, 2.45) is 0 Å². The second-order valence-corrected chi connectivity index (χ2v) is 7.26. The van der Waals surface area contributed by atoms with Gasteiger partial charge in [-0.3, -0.25) is 4.90 Å². The van der Waals surface area contributed by atoms with Gasteiger partial charge >= 0.3 is 5.97 Å². The molecule has 1 atom stereocenters. The summed E-state index contributed by atoms with van der Waals surface area (Å²) in [6.07, 6.45) is 5.21. The summed E-state index contributed by atoms with van der Waals surface area (Å²) in [5.41, 5.74) is 3.22. The van der Waals surface area contributed by atoms with E-state index in [4.69, 9.17) is 9.47 Å². The maximum Gasteiger partial charge on any atom is 0.330 e. The van der Waals surface area contributed by atoms with E-state index < -0.39 is 5.97 Å². The molecule has 0 saturated carbocycles. The lowest BCUT2D eigenvalue weighted by Gasteiger charge is -2.27. The number of carbonyl (C=O) groups is 1. The molecule has 2 aromatic carbocycles. The maximum absolute atomic E-state index is 12.1. The minimum Gasteiger partial charge on any atom is -0.497 e. The number of methoxy groups -OCH3 is 1. The van der Waals surface area contributed by atoms with Crippen molar-refractivity contribution in [3.8, 4) is 5.75 Å². The highest BCUT2D eigenvalue weighted by Crippen LogP contribution is 2.15. The molecule has 0 aliphatic carbocycles. The molecular formula is C25H31NO4. The summed E-state index contributed by atoms with van der Waals surface area (Å²) in [5, 5.41) is 9.96. The van der Waals surface area contributed by atoms with E-state index >= 15 is 0 Å². The van der Waals surface area contributed by atoms with Gasteiger partial charge in [0.2, 0.25) is 0 Å². The van der Waals surface area contributed by atoms with E-state index in [2.05, 4.69) is 11.0 Å². The van der Waals surface area contributed by atoms with E-state index in [0.717, 1.165) is 16.9 Å². The quantitative estimate of drug-likeness (QED) is 0.344. The molecule has 160 valence electrons. The number of hydrogen-bond donors (Lipinski definition) is 1. The zero-order chi connectivity index (χ0) is 21.8. The Balaban J connectivity index is 2.04. The lowest BCUT2D eigenvalue weighted by atomic mass is 10.1. The van der Waals surface area contributed by atoms with Crippen molar-refractivity contribution in [1.82, 2.24) is 4.90 Å². The molecule has 1 unspecified atom stereocenters. The van der Waals surface area contributed by atoms with Crippen LogP contribution >= 0.6 is 0 Å². The van der Waals surface area contributed by atoms with Crippen LogP contribution in [0.5, 0.6) is 5.75 Å². The highest BCUT2D eigenvalue weighted by molar-refractivity contribution is 5.82. The largest absolute Gasteiger partial charge is 0.497 e. The first-order valence-corrected chi connectivity index (χ1v) is 10.0. The number of aliphatic hydroxyl groups excluding tert-OH is 1. The van der Waals surface area contributed by atoms with Crippen molar-refractivity contribution >= 4 is 5.97 Å². The van der Waals surface area contributed by atoms with Crippen molar-refractivity contribution in [3.05, 3.63) is 89.5 Å². The Morgan fingerprint density at radius 1 is 1.07 bits per heavy atom. The first-order valence-electron chi connectivity index (χ1n) is 10.0. The predicted octanol–water partition coefficient (Wildman–Crippen LogP) is 4.12. The van der Waals surface area contributed by atoms with Gasteiger partial charge in [-0.15, -0.1) is 0 Å². The van der Waals surface area contributed by atoms with Gasteiger partial charge in [0.05, 0.1) is 19.8 Å². The van der Waals surface area contributed by atoms with Gasteiger partial charge in [0.1, 0.15) is 12.4 Å². The molecule has 1 N–H and O–H groups in total. The Kier molecular flexibility index (Phi) is 9.84. The summed E-state index contributed by atoms with van der Waals surface area (Å²) >= 11 is 0. The summed E-state index contributed by atoms with van der Waals surface area (Å²) in [6, 6.07) is 17.1. The van der Waals surface area contributed by atoms with Gasteiger partial charge < -0.3 is 14.6 Å². The minimum absolute atomic E-state index is 0.102. The molecule has 5 heteroatoms. The van der Waals surface area contributed by atoms with Gasteiger partial charge in [-0.05, 0) is 37.1 Å². The molecule has 0 bridgehead atoms. The molecule has 0 spiro atoms. The minimum atomic E-state index is -0.427. The standard InChI is InChI=1S/C25H31NO4/c1-20(2)15-16-26(17-21-9-12-24(29-3)13-10-21)23(18-27)11-14-25(28)30-19-22-7-5-4-6-8-22/h4-15,23,27H,16-19H2,1-3H3/b14-11+. The molecule has 30 heavy (non-hydrogen) atoms. The molecule has 2 rings (SSSR count). The molecule has 5 nitrogen and oxygen atoms in total. The number of rotatable bonds is 11. The maximum atomic E-state index is 12.1. The number of benzene rings is 2. The number of hydrogen-bond acceptors (Lipinski definition) is 5. The predicted molar refractivity (Wildman–Crippen MR) is 119 cm³/mol. The van der Waals surface area contributed by atoms with Crippen LogP contribution in [0.3, 0.4) is 0 Å². The smallest absolute Gasteiger partial charge is 0.330 e. The molecule has 0 aromatic heterocycles. The SMILES string of the molecule is COc1ccc(CN(CC=C(C)C)C(/C=C/C(=O)OCc2ccccc2)CO)cc1. The Hall–Kier alpha value is -2.89. The van der Waals surface area contributed by atoms with Gasteiger partial charge in [0.25, 0.3) is 0 Å². The van der Waals surface area contributed by atoms with E-state index in [1.54, 1.807) is 13.2 Å². The number of allylic oxidation sites excluding steroid dienone is 1. The number of ether oxygens (including phenoxy) is 2. The molecule has 2 aromatic rings. The lowest BCUT2D eigenvalue weighted by molar-refractivity contribution is -0.139. The molecule has 0 radical (unpaired) electrons. The van der Waals surface area contributed by atoms with Crippen molar-refractivity contribution in [1.29, 1.82) is 0 Å². The molecule has 0 amide bonds. The Bertz CT molecular complexity index is 824. The average molecular weight is 410 g/mol. The van der Waals surface area contributed by atoms with Gasteiger partial charge in [-0.2, -0.15) is 0 Å². The zero-order valence-electron chi connectivity index (χ0n) is 18.0. The van der Waals surface area contributed by atoms with E-state index in [1.165, 1.54) is 11.6 Å². The fourth-order valence-corrected chi connectivity index (χ4v) is 2.85. The van der Waals surface area contributed by atoms with Crippen molar-refractivity contribution < 1.29 is 19.4 Å². The van der Waals surface area contributed by atoms with E-state index in [0.29, 0.717) is 13.1 Å². The molecule has 0 aliphatic rings. The summed E-state index contributed by atoms with van der Waals surface area (Å²) < 4.78 is 10.5. The second-order valence-electron chi connectivity index (χ2n) is 7.26. The third-order valence-electron chi connectivity index (χ3n) is 4.61. The Morgan fingerprint density at radius 3 is 2.37 bits per heavy atom. The fourth-order valence-electron chi connectivity index (χ4n) is 2.85. The average Bonchev–Trinajstić information content (AvgIpc) is 2.77. The Labute approximate surface area is 179 Å². The highest BCUT2D eigenvalue weighted by atomic mass is 16.5. The number of esters is 1. The fraction of sp³-hybridized carbons (Fsp3) is 0.320. The van der Waals surface area contributed by atoms with E-state index in [-0.39, 0.29) is 19.3 Å². The topological polar surface area (TPSA) is 59.0 Å². The van der Waals surface area contributed by atoms with E-state index in [9.17, 15) is 9.90 Å². The van der Waals surface area contributed by atoms with Crippen LogP contribution in [0.15, 0.2) is 78.4 Å². The van der Waals surface area contributed by atoms with Gasteiger partial charge in [0.15, 0.2) is 0 Å². The van der Waals surface area contributed by atoms with Gasteiger partial charge in [-0.1, -0.05) is 60.2 Å². The summed E-state index contributed by atoms with van der Waals surface area (Å²) in [7, 11) is 1.64. The van der Waals surface area contributed by atoms with Crippen molar-refractivity contribution in [2.75, 3.05) is 20.3 Å². The zero-order valence-corrected chi connectivity index (χ0v) is 18.0. The van der Waals surface area contributed by atoms with Crippen LogP contribution in [0, 0.1) is 0 Å². The van der Waals surface area contributed by atoms with Crippen LogP contribution in [0.1, 0.15) is 25.0 Å². The summed E-state index contributed by atoms with van der Waals surface area (Å²) in [4.78, 5) is 14.2. The van der Waals surface area contributed by atoms with Crippen LogP contribution in [0.2, 0.25) is 0 Å². The van der Waals surface area contributed by atoms with Crippen molar-refractivity contribution in [2.45, 2.75) is 33.0 Å². The van der Waals surface area contributed by atoms with Crippen LogP contribution in [0.4, 0.5) is 0 Å². The van der Waals surface area contributed by atoms with Crippen molar-refractivity contribution in [3.63, 3.8) is 0 Å². The number of carbonyl (C=O) groups excluding carboxylic acids is 1. The first kappa shape index (κ1) is 23.4. The van der Waals surface area contributed by atoms with Gasteiger partial charge in [-0.25, -0.2) is 4.79 Å². The Morgan fingerprint density at radius 2 is 1.77 bits per heavy atom. The normalized spacial score (nSPS) is 12.0. The molecule has 0 aliphatic heterocycles. The molecular weight excluding hydrogens is 378 g/mol. The number of nitrogens with zero attached hydrogens (tertiary/aromatic N) is 1. The summed E-state index contributed by atoms with van der Waals surface area (Å²) in [6.45, 7) is 5.48. The second kappa shape index (κ2) is 12.6. The highest BCUT2D eigenvalue weighted by Gasteiger charge is 2.15. The van der Waals surface area contributed by atoms with E-state index in [1.807, 2.05) is 68.4 Å². The van der Waals surface area contributed by atoms with Crippen LogP contribution in [0.25, 0.3) is 0 Å². The van der Waals surface area contributed by atoms with Gasteiger partial charge in [0, 0.05) is 19.2 Å². The molecule has 0 heterocycles. The summed E-state index contributed by atoms with van der Waals surface area (Å²) in [5.74, 6) is 0.373. The molecule has 0 fully saturated rings. The van der Waals surface area contributed by atoms with Crippen LogP contribution < -0.4 is 4.74 Å². The third kappa shape index (κ3) is 8.23. The number of aliphatic hydroxyl groups is 1. The monoisotopic (exact) mass is 409 g/mol. The molecule has 0 saturated heterocycles. The third-order valence-corrected chi connectivity index (χ3v) is 4.61. The van der Waals surface area contributed by atoms with Crippen LogP contribution in [-0.2, 0) is 22.7 Å². The first-order chi connectivity index (χ1) is 14.5. The van der Waals surface area contributed by atoms with Crippen LogP contribution in [-0.4, -0.2) is 42.3 Å².